The molecule has 0 aliphatic heterocycles. The monoisotopic (exact) mass is 713 g/mol. The van der Waals surface area contributed by atoms with Crippen molar-refractivity contribution in [3.63, 3.8) is 0 Å². The molecule has 2 aromatic heterocycles. The van der Waals surface area contributed by atoms with Crippen LogP contribution < -0.4 is 33.3 Å². The van der Waals surface area contributed by atoms with Gasteiger partial charge in [-0.1, -0.05) is 20.8 Å². The van der Waals surface area contributed by atoms with Gasteiger partial charge in [-0.3, -0.25) is 9.59 Å². The van der Waals surface area contributed by atoms with Crippen LogP contribution in [-0.2, 0) is 4.74 Å². The predicted octanol–water partition coefficient (Wildman–Crippen LogP) is 4.08. The van der Waals surface area contributed by atoms with E-state index in [4.69, 9.17) is 10.5 Å². The lowest BCUT2D eigenvalue weighted by Crippen LogP contribution is -2.33. The number of hydrogen-bond acceptors (Lipinski definition) is 8. The van der Waals surface area contributed by atoms with E-state index in [0.717, 1.165) is 33.4 Å². The Kier molecular flexibility index (Phi) is 10.4. The lowest BCUT2D eigenvalue weighted by Gasteiger charge is -2.29. The second kappa shape index (κ2) is 14.1. The number of hydrogen-bond donors (Lipinski definition) is 3. The summed E-state index contributed by atoms with van der Waals surface area (Å²) in [6.07, 6.45) is -0.779. The number of benzene rings is 4. The number of aromatic nitrogens is 4. The molecule has 0 radical (unpaired) electrons. The van der Waals surface area contributed by atoms with Gasteiger partial charge in [-0.05, 0) is 60.7 Å². The Balaban J connectivity index is 0.000000229. The van der Waals surface area contributed by atoms with Crippen LogP contribution in [0.4, 0.5) is 28.9 Å². The molecule has 0 unspecified atom stereocenters. The molecule has 0 atom stereocenters. The van der Waals surface area contributed by atoms with Gasteiger partial charge in [-0.25, -0.2) is 41.3 Å². The molecule has 17 heteroatoms. The maximum Gasteiger partial charge on any atom is 0.333 e. The standard InChI is InChI=1S/C19H17F2N3O4.C14H9F2N3O2.ClH/c1-19(2,3)28-18(27)22-10-4-6-11(7-5-10)24-16(25)12-8-13(20)14(21)9-15(12)23-17(24)26;15-10-5-9-12(6-11(10)16)18-14(21)19(13(9)20)8-3-1-7(17)2-4-8;/h4-9H,1-3H3,(H,22,27)(H,23,26);1-6H,17H2,(H,18,21);1H/p-1. The summed E-state index contributed by atoms with van der Waals surface area (Å²) < 4.78 is 60.0. The Morgan fingerprint density at radius 1 is 0.700 bits per heavy atom. The molecule has 0 bridgehead atoms. The van der Waals surface area contributed by atoms with Crippen molar-refractivity contribution >= 4 is 51.7 Å². The first-order valence-corrected chi connectivity index (χ1v) is 14.2. The number of fused-ring (bicyclic) bond motifs is 2. The van der Waals surface area contributed by atoms with Crippen LogP contribution in [0.25, 0.3) is 33.2 Å². The Labute approximate surface area is 284 Å². The van der Waals surface area contributed by atoms with E-state index in [9.17, 15) is 41.8 Å². The average Bonchev–Trinajstić information content (AvgIpc) is 3.01. The lowest BCUT2D eigenvalue weighted by atomic mass is 10.2. The van der Waals surface area contributed by atoms with Crippen molar-refractivity contribution in [1.29, 1.82) is 0 Å². The Morgan fingerprint density at radius 3 is 1.48 bits per heavy atom. The molecule has 12 nitrogen and oxygen atoms in total. The summed E-state index contributed by atoms with van der Waals surface area (Å²) in [4.78, 5) is 57.6. The topological polar surface area (TPSA) is 180 Å². The van der Waals surface area contributed by atoms with Gasteiger partial charge in [0.2, 0.25) is 0 Å². The highest BCUT2D eigenvalue weighted by atomic mass is 35.5. The Bertz CT molecular complexity index is 2510. The SMILES string of the molecule is CC(C)(C)OC([O-])=Nc1ccc(-n2c(=O)[nH]c3cc(F)c(F)cc3c2=O)cc1.Cl.Nc1ccc(-n2c(=O)[nH]c3cc(F)c(F)cc3c2=O)cc1. The number of aromatic amines is 2. The summed E-state index contributed by atoms with van der Waals surface area (Å²) in [5.74, 6) is -4.67. The molecule has 0 spiro atoms. The molecule has 2 heterocycles. The molecule has 0 aliphatic carbocycles. The van der Waals surface area contributed by atoms with Crippen LogP contribution in [0.1, 0.15) is 20.8 Å². The molecule has 50 heavy (non-hydrogen) atoms. The zero-order chi connectivity index (χ0) is 35.8. The molecule has 6 rings (SSSR count). The summed E-state index contributed by atoms with van der Waals surface area (Å²) in [6, 6.07) is 14.7. The fraction of sp³-hybridized carbons (Fsp3) is 0.121. The molecule has 0 amide bonds. The van der Waals surface area contributed by atoms with E-state index in [0.29, 0.717) is 5.69 Å². The summed E-state index contributed by atoms with van der Waals surface area (Å²) in [7, 11) is 0. The fourth-order valence-electron chi connectivity index (χ4n) is 4.58. The van der Waals surface area contributed by atoms with Gasteiger partial charge in [0, 0.05) is 23.4 Å². The number of rotatable bonds is 3. The quantitative estimate of drug-likeness (QED) is 0.107. The van der Waals surface area contributed by atoms with Gasteiger partial charge in [0.15, 0.2) is 29.4 Å². The maximum absolute atomic E-state index is 13.5. The average molecular weight is 714 g/mol. The highest BCUT2D eigenvalue weighted by Gasteiger charge is 2.15. The number of nitrogen functional groups attached to an aromatic ring is 1. The van der Waals surface area contributed by atoms with E-state index < -0.39 is 57.5 Å². The van der Waals surface area contributed by atoms with E-state index in [-0.39, 0.29) is 51.3 Å². The maximum atomic E-state index is 13.5. The number of halogens is 5. The van der Waals surface area contributed by atoms with Crippen molar-refractivity contribution in [2.45, 2.75) is 26.4 Å². The van der Waals surface area contributed by atoms with Crippen LogP contribution in [0.15, 0.2) is 97.0 Å². The van der Waals surface area contributed by atoms with Crippen LogP contribution >= 0.6 is 12.4 Å². The second-order valence-corrected chi connectivity index (χ2v) is 11.5. The number of nitrogens with zero attached hydrogens (tertiary/aromatic N) is 3. The van der Waals surface area contributed by atoms with Crippen LogP contribution in [0.5, 0.6) is 0 Å². The van der Waals surface area contributed by atoms with E-state index in [1.54, 1.807) is 20.8 Å². The number of ether oxygens (including phenoxy) is 1. The molecule has 0 fully saturated rings. The second-order valence-electron chi connectivity index (χ2n) is 11.5. The Morgan fingerprint density at radius 2 is 1.08 bits per heavy atom. The first kappa shape index (κ1) is 36.7. The minimum Gasteiger partial charge on any atom is -0.594 e. The van der Waals surface area contributed by atoms with Crippen molar-refractivity contribution in [3.8, 4) is 11.4 Å². The smallest absolute Gasteiger partial charge is 0.333 e. The zero-order valence-electron chi connectivity index (χ0n) is 26.2. The number of anilines is 1. The van der Waals surface area contributed by atoms with Crippen molar-refractivity contribution in [2.24, 2.45) is 4.99 Å². The van der Waals surface area contributed by atoms with E-state index >= 15 is 0 Å². The minimum absolute atomic E-state index is 0. The van der Waals surface area contributed by atoms with Gasteiger partial charge in [-0.15, -0.1) is 12.4 Å². The van der Waals surface area contributed by atoms with Crippen LogP contribution in [0.3, 0.4) is 0 Å². The lowest BCUT2D eigenvalue weighted by molar-refractivity contribution is -0.259. The van der Waals surface area contributed by atoms with Crippen LogP contribution in [0.2, 0.25) is 0 Å². The van der Waals surface area contributed by atoms with Gasteiger partial charge in [0.05, 0.1) is 38.9 Å². The molecule has 0 saturated heterocycles. The molecular weight excluding hydrogens is 688 g/mol. The van der Waals surface area contributed by atoms with Gasteiger partial charge in [0.1, 0.15) is 0 Å². The number of aliphatic imine (C=N–C) groups is 1. The number of nitrogens with one attached hydrogen (secondary N) is 2. The molecule has 4 aromatic carbocycles. The van der Waals surface area contributed by atoms with Crippen molar-refractivity contribution in [3.05, 3.63) is 138 Å². The van der Waals surface area contributed by atoms with Gasteiger partial charge in [0.25, 0.3) is 11.1 Å². The highest BCUT2D eigenvalue weighted by molar-refractivity contribution is 5.85. The third-order valence-electron chi connectivity index (χ3n) is 6.75. The highest BCUT2D eigenvalue weighted by Crippen LogP contribution is 2.18. The normalized spacial score (nSPS) is 11.5. The summed E-state index contributed by atoms with van der Waals surface area (Å²) in [6.45, 7) is 5.11. The first-order valence-electron chi connectivity index (χ1n) is 14.2. The number of H-pyrrole nitrogens is 2. The molecular formula is C33H26ClF4N6O6-. The van der Waals surface area contributed by atoms with Gasteiger partial charge >= 0.3 is 11.4 Å². The fourth-order valence-corrected chi connectivity index (χ4v) is 4.58. The number of nitrogens with two attached hydrogens (primary N) is 1. The Hall–Kier alpha value is -6.16. The third-order valence-corrected chi connectivity index (χ3v) is 6.75. The summed E-state index contributed by atoms with van der Waals surface area (Å²) >= 11 is 0. The van der Waals surface area contributed by atoms with E-state index in [1.165, 1.54) is 48.5 Å². The van der Waals surface area contributed by atoms with Crippen molar-refractivity contribution < 1.29 is 27.4 Å². The zero-order valence-corrected chi connectivity index (χ0v) is 27.0. The van der Waals surface area contributed by atoms with Crippen LogP contribution in [0, 0.1) is 23.3 Å². The molecule has 4 N–H and O–H groups in total. The molecule has 6 aromatic rings. The van der Waals surface area contributed by atoms with Gasteiger partial charge in [-0.2, -0.15) is 0 Å². The summed E-state index contributed by atoms with van der Waals surface area (Å²) in [5.41, 5.74) is 2.74. The van der Waals surface area contributed by atoms with E-state index in [2.05, 4.69) is 15.0 Å². The van der Waals surface area contributed by atoms with Crippen LogP contribution in [-0.4, -0.2) is 30.8 Å². The predicted molar refractivity (Wildman–Crippen MR) is 180 cm³/mol. The molecule has 0 saturated carbocycles. The van der Waals surface area contributed by atoms with Crippen molar-refractivity contribution in [2.75, 3.05) is 5.73 Å². The van der Waals surface area contributed by atoms with E-state index in [1.807, 2.05) is 0 Å². The summed E-state index contributed by atoms with van der Waals surface area (Å²) in [5, 5.41) is 11.4. The first-order chi connectivity index (χ1) is 23.0. The van der Waals surface area contributed by atoms with Gasteiger partial charge < -0.3 is 25.5 Å². The largest absolute Gasteiger partial charge is 0.594 e. The molecule has 260 valence electrons. The molecule has 0 aliphatic rings. The third kappa shape index (κ3) is 7.76. The minimum atomic E-state index is -1.20. The van der Waals surface area contributed by atoms with Crippen molar-refractivity contribution in [1.82, 2.24) is 19.1 Å².